The summed E-state index contributed by atoms with van der Waals surface area (Å²) in [4.78, 5) is 2.19. The van der Waals surface area contributed by atoms with Crippen molar-refractivity contribution in [1.82, 2.24) is 20.0 Å². The number of ether oxygens (including phenoxy) is 1. The fourth-order valence-corrected chi connectivity index (χ4v) is 2.21. The fourth-order valence-electron chi connectivity index (χ4n) is 2.21. The van der Waals surface area contributed by atoms with Gasteiger partial charge in [0.25, 0.3) is 0 Å². The van der Waals surface area contributed by atoms with E-state index in [0.717, 1.165) is 43.9 Å². The van der Waals surface area contributed by atoms with E-state index in [-0.39, 0.29) is 6.04 Å². The van der Waals surface area contributed by atoms with Gasteiger partial charge in [-0.1, -0.05) is 13.8 Å². The van der Waals surface area contributed by atoms with Crippen LogP contribution in [0.3, 0.4) is 0 Å². The van der Waals surface area contributed by atoms with Crippen LogP contribution < -0.4 is 10.1 Å². The van der Waals surface area contributed by atoms with Crippen LogP contribution in [0.1, 0.15) is 38.4 Å². The Hall–Kier alpha value is -1.07. The zero-order chi connectivity index (χ0) is 14.3. The number of methoxy groups -OCH3 is 1. The molecule has 1 aromatic rings. The Morgan fingerprint density at radius 1 is 1.37 bits per heavy atom. The lowest BCUT2D eigenvalue weighted by atomic mass is 10.1. The lowest BCUT2D eigenvalue weighted by Gasteiger charge is -2.24. The molecule has 0 saturated heterocycles. The highest BCUT2D eigenvalue weighted by molar-refractivity contribution is 5.28. The van der Waals surface area contributed by atoms with E-state index in [0.29, 0.717) is 0 Å². The lowest BCUT2D eigenvalue weighted by Crippen LogP contribution is -2.33. The van der Waals surface area contributed by atoms with Crippen LogP contribution in [0, 0.1) is 0 Å². The number of nitrogens with zero attached hydrogens (tertiary/aromatic N) is 3. The second-order valence-corrected chi connectivity index (χ2v) is 5.09. The topological polar surface area (TPSA) is 42.3 Å². The molecule has 19 heavy (non-hydrogen) atoms. The number of likely N-dealkylation sites (N-methyl/N-ethyl adjacent to an activating group) is 1. The summed E-state index contributed by atoms with van der Waals surface area (Å²) in [6.07, 6.45) is 4.01. The summed E-state index contributed by atoms with van der Waals surface area (Å²) in [5.41, 5.74) is 1.16. The van der Waals surface area contributed by atoms with Gasteiger partial charge in [0, 0.05) is 13.1 Å². The van der Waals surface area contributed by atoms with Gasteiger partial charge in [-0.25, -0.2) is 0 Å². The SMILES string of the molecule is CCCNC(CN(C)C)c1c(OC)cnn1CCC. The van der Waals surface area contributed by atoms with Gasteiger partial charge in [0.15, 0.2) is 5.75 Å². The van der Waals surface area contributed by atoms with E-state index in [1.54, 1.807) is 7.11 Å². The fraction of sp³-hybridized carbons (Fsp3) is 0.786. The average molecular weight is 268 g/mol. The Morgan fingerprint density at radius 3 is 2.63 bits per heavy atom. The number of aromatic nitrogens is 2. The molecule has 0 aliphatic carbocycles. The largest absolute Gasteiger partial charge is 0.493 e. The minimum atomic E-state index is 0.249. The molecule has 1 unspecified atom stereocenters. The molecule has 110 valence electrons. The Bertz CT molecular complexity index is 362. The van der Waals surface area contributed by atoms with Crippen molar-refractivity contribution in [3.8, 4) is 5.75 Å². The van der Waals surface area contributed by atoms with Gasteiger partial charge in [-0.15, -0.1) is 0 Å². The molecule has 1 N–H and O–H groups in total. The van der Waals surface area contributed by atoms with Crippen molar-refractivity contribution in [2.24, 2.45) is 0 Å². The molecule has 0 aromatic carbocycles. The summed E-state index contributed by atoms with van der Waals surface area (Å²) in [6, 6.07) is 0.249. The van der Waals surface area contributed by atoms with Gasteiger partial charge in [-0.2, -0.15) is 5.10 Å². The molecule has 0 amide bonds. The Kier molecular flexibility index (Phi) is 6.87. The molecular formula is C14H28N4O. The second kappa shape index (κ2) is 8.17. The quantitative estimate of drug-likeness (QED) is 0.743. The molecular weight excluding hydrogens is 240 g/mol. The van der Waals surface area contributed by atoms with Gasteiger partial charge in [-0.05, 0) is 33.5 Å². The van der Waals surface area contributed by atoms with E-state index in [4.69, 9.17) is 4.74 Å². The van der Waals surface area contributed by atoms with Crippen LogP contribution in [0.25, 0.3) is 0 Å². The van der Waals surface area contributed by atoms with Gasteiger partial charge < -0.3 is 15.0 Å². The number of nitrogens with one attached hydrogen (secondary N) is 1. The van der Waals surface area contributed by atoms with E-state index in [1.807, 2.05) is 6.20 Å². The molecule has 0 bridgehead atoms. The highest BCUT2D eigenvalue weighted by Crippen LogP contribution is 2.25. The molecule has 0 fully saturated rings. The molecule has 1 aromatic heterocycles. The number of rotatable bonds is 9. The van der Waals surface area contributed by atoms with Crippen LogP contribution in [0.2, 0.25) is 0 Å². The van der Waals surface area contributed by atoms with Crippen LogP contribution in [0.15, 0.2) is 6.20 Å². The third-order valence-corrected chi connectivity index (χ3v) is 3.02. The van der Waals surface area contributed by atoms with E-state index in [9.17, 15) is 0 Å². The van der Waals surface area contributed by atoms with E-state index in [1.165, 1.54) is 0 Å². The van der Waals surface area contributed by atoms with E-state index in [2.05, 4.69) is 47.9 Å². The van der Waals surface area contributed by atoms with Gasteiger partial charge in [0.05, 0.1) is 25.0 Å². The highest BCUT2D eigenvalue weighted by atomic mass is 16.5. The minimum Gasteiger partial charge on any atom is -0.493 e. The van der Waals surface area contributed by atoms with Crippen molar-refractivity contribution >= 4 is 0 Å². The molecule has 1 rings (SSSR count). The zero-order valence-corrected chi connectivity index (χ0v) is 12.9. The van der Waals surface area contributed by atoms with Crippen molar-refractivity contribution in [3.05, 3.63) is 11.9 Å². The minimum absolute atomic E-state index is 0.249. The van der Waals surface area contributed by atoms with Crippen LogP contribution in [-0.2, 0) is 6.54 Å². The molecule has 0 radical (unpaired) electrons. The van der Waals surface area contributed by atoms with Crippen LogP contribution in [0.5, 0.6) is 5.75 Å². The molecule has 1 heterocycles. The van der Waals surface area contributed by atoms with Crippen molar-refractivity contribution in [2.75, 3.05) is 34.3 Å². The molecule has 1 atom stereocenters. The van der Waals surface area contributed by atoms with Crippen molar-refractivity contribution in [3.63, 3.8) is 0 Å². The number of hydrogen-bond donors (Lipinski definition) is 1. The maximum Gasteiger partial charge on any atom is 0.161 e. The Balaban J connectivity index is 2.99. The summed E-state index contributed by atoms with van der Waals surface area (Å²) >= 11 is 0. The predicted molar refractivity (Wildman–Crippen MR) is 78.7 cm³/mol. The lowest BCUT2D eigenvalue weighted by molar-refractivity contribution is 0.318. The average Bonchev–Trinajstić information content (AvgIpc) is 2.77. The molecule has 5 heteroatoms. The monoisotopic (exact) mass is 268 g/mol. The number of aryl methyl sites for hydroxylation is 1. The van der Waals surface area contributed by atoms with E-state index >= 15 is 0 Å². The third-order valence-electron chi connectivity index (χ3n) is 3.02. The number of hydrogen-bond acceptors (Lipinski definition) is 4. The van der Waals surface area contributed by atoms with Gasteiger partial charge in [0.1, 0.15) is 0 Å². The molecule has 0 spiro atoms. The first-order chi connectivity index (χ1) is 9.13. The first-order valence-corrected chi connectivity index (χ1v) is 7.11. The smallest absolute Gasteiger partial charge is 0.161 e. The predicted octanol–water partition coefficient (Wildman–Crippen LogP) is 1.90. The normalized spacial score (nSPS) is 12.9. The van der Waals surface area contributed by atoms with Crippen molar-refractivity contribution < 1.29 is 4.74 Å². The summed E-state index contributed by atoms with van der Waals surface area (Å²) in [5.74, 6) is 0.879. The maximum absolute atomic E-state index is 5.47. The summed E-state index contributed by atoms with van der Waals surface area (Å²) in [6.45, 7) is 7.21. The molecule has 0 saturated carbocycles. The molecule has 5 nitrogen and oxygen atoms in total. The molecule has 0 aliphatic heterocycles. The first-order valence-electron chi connectivity index (χ1n) is 7.11. The van der Waals surface area contributed by atoms with Crippen LogP contribution >= 0.6 is 0 Å². The second-order valence-electron chi connectivity index (χ2n) is 5.09. The van der Waals surface area contributed by atoms with Gasteiger partial charge >= 0.3 is 0 Å². The van der Waals surface area contributed by atoms with Gasteiger partial charge in [-0.3, -0.25) is 4.68 Å². The zero-order valence-electron chi connectivity index (χ0n) is 12.9. The third kappa shape index (κ3) is 4.51. The van der Waals surface area contributed by atoms with Gasteiger partial charge in [0.2, 0.25) is 0 Å². The highest BCUT2D eigenvalue weighted by Gasteiger charge is 2.21. The first kappa shape index (κ1) is 16.0. The summed E-state index contributed by atoms with van der Waals surface area (Å²) in [5, 5.41) is 8.04. The standard InChI is InChI=1S/C14H28N4O/c1-6-8-15-12(11-17(3)4)14-13(19-5)10-16-18(14)9-7-2/h10,12,15H,6-9,11H2,1-5H3. The Morgan fingerprint density at radius 2 is 2.11 bits per heavy atom. The van der Waals surface area contributed by atoms with Crippen LogP contribution in [0.4, 0.5) is 0 Å². The maximum atomic E-state index is 5.47. The summed E-state index contributed by atoms with van der Waals surface area (Å²) in [7, 11) is 5.89. The Labute approximate surface area is 116 Å². The van der Waals surface area contributed by atoms with Crippen molar-refractivity contribution in [2.45, 2.75) is 39.3 Å². The molecule has 0 aliphatic rings. The van der Waals surface area contributed by atoms with E-state index < -0.39 is 0 Å². The van der Waals surface area contributed by atoms with Crippen molar-refractivity contribution in [1.29, 1.82) is 0 Å². The van der Waals surface area contributed by atoms with Crippen LogP contribution in [-0.4, -0.2) is 49.0 Å². The summed E-state index contributed by atoms with van der Waals surface area (Å²) < 4.78 is 7.54.